The van der Waals surface area contributed by atoms with Gasteiger partial charge in [-0.25, -0.2) is 0 Å². The van der Waals surface area contributed by atoms with Crippen molar-refractivity contribution in [1.29, 1.82) is 0 Å². The number of amides is 1. The molecule has 1 rings (SSSR count). The molecular formula is C9H15NO2. The number of nitrogens with zero attached hydrogens (tertiary/aromatic N) is 1. The van der Waals surface area contributed by atoms with E-state index in [1.54, 1.807) is 14.1 Å². The maximum Gasteiger partial charge on any atom is 0.232 e. The number of carbonyl (C=O) groups excluding carboxylic acids is 2. The minimum absolute atomic E-state index is 0.0376. The quantitative estimate of drug-likeness (QED) is 0.541. The normalized spacial score (nSPS) is 29.1. The van der Waals surface area contributed by atoms with E-state index in [2.05, 4.69) is 0 Å². The molecule has 0 radical (unpaired) electrons. The van der Waals surface area contributed by atoms with Gasteiger partial charge in [0.2, 0.25) is 5.91 Å². The highest BCUT2D eigenvalue weighted by Gasteiger charge is 2.36. The van der Waals surface area contributed by atoms with Crippen molar-refractivity contribution in [3.05, 3.63) is 0 Å². The summed E-state index contributed by atoms with van der Waals surface area (Å²) in [6.07, 6.45) is 1.60. The first-order valence-corrected chi connectivity index (χ1v) is 4.29. The van der Waals surface area contributed by atoms with E-state index in [1.165, 1.54) is 4.90 Å². The predicted octanol–water partition coefficient (Wildman–Crippen LogP) is 0.690. The lowest BCUT2D eigenvalue weighted by Crippen LogP contribution is -2.32. The first-order chi connectivity index (χ1) is 5.54. The lowest BCUT2D eigenvalue weighted by atomic mass is 10.0. The fourth-order valence-electron chi connectivity index (χ4n) is 1.60. The van der Waals surface area contributed by atoms with Crippen LogP contribution in [0.5, 0.6) is 0 Å². The highest BCUT2D eigenvalue weighted by atomic mass is 16.2. The van der Waals surface area contributed by atoms with Crippen LogP contribution in [0, 0.1) is 11.8 Å². The molecule has 0 spiro atoms. The van der Waals surface area contributed by atoms with Gasteiger partial charge in [-0.2, -0.15) is 0 Å². The average Bonchev–Trinajstić information content (AvgIpc) is 2.32. The minimum atomic E-state index is -0.352. The number of carbonyl (C=O) groups is 2. The minimum Gasteiger partial charge on any atom is -0.348 e. The second-order valence-corrected chi connectivity index (χ2v) is 3.67. The summed E-state index contributed by atoms with van der Waals surface area (Å²) in [5, 5.41) is 0. The Kier molecular flexibility index (Phi) is 2.50. The zero-order valence-electron chi connectivity index (χ0n) is 7.83. The molecule has 2 unspecified atom stereocenters. The summed E-state index contributed by atoms with van der Waals surface area (Å²) in [5.74, 6) is -0.188. The fourth-order valence-corrected chi connectivity index (χ4v) is 1.60. The molecule has 0 bridgehead atoms. The third-order valence-corrected chi connectivity index (χ3v) is 2.46. The molecule has 68 valence electrons. The zero-order chi connectivity index (χ0) is 9.30. The van der Waals surface area contributed by atoms with Gasteiger partial charge in [0, 0.05) is 20.0 Å². The van der Waals surface area contributed by atoms with Crippen LogP contribution in [0.15, 0.2) is 0 Å². The fraction of sp³-hybridized carbons (Fsp3) is 0.778. The molecule has 1 aliphatic rings. The van der Waals surface area contributed by atoms with Crippen molar-refractivity contribution in [2.45, 2.75) is 19.8 Å². The van der Waals surface area contributed by atoms with Crippen LogP contribution >= 0.6 is 0 Å². The van der Waals surface area contributed by atoms with E-state index in [9.17, 15) is 9.59 Å². The van der Waals surface area contributed by atoms with Crippen LogP contribution in [0.25, 0.3) is 0 Å². The molecule has 12 heavy (non-hydrogen) atoms. The first-order valence-electron chi connectivity index (χ1n) is 4.29. The van der Waals surface area contributed by atoms with Crippen molar-refractivity contribution < 1.29 is 9.59 Å². The van der Waals surface area contributed by atoms with Gasteiger partial charge in [-0.15, -0.1) is 0 Å². The summed E-state index contributed by atoms with van der Waals surface area (Å²) in [4.78, 5) is 24.3. The second-order valence-electron chi connectivity index (χ2n) is 3.67. The van der Waals surface area contributed by atoms with E-state index >= 15 is 0 Å². The summed E-state index contributed by atoms with van der Waals surface area (Å²) in [7, 11) is 3.39. The second kappa shape index (κ2) is 3.25. The largest absolute Gasteiger partial charge is 0.348 e. The molecule has 0 aromatic rings. The van der Waals surface area contributed by atoms with Crippen molar-refractivity contribution in [1.82, 2.24) is 4.90 Å². The summed E-state index contributed by atoms with van der Waals surface area (Å²) in [5.41, 5.74) is 0. The maximum absolute atomic E-state index is 11.4. The van der Waals surface area contributed by atoms with Crippen LogP contribution in [0.2, 0.25) is 0 Å². The molecule has 0 aromatic heterocycles. The average molecular weight is 169 g/mol. The molecular weight excluding hydrogens is 154 g/mol. The summed E-state index contributed by atoms with van der Waals surface area (Å²) >= 11 is 0. The number of rotatable bonds is 1. The highest BCUT2D eigenvalue weighted by molar-refractivity contribution is 6.03. The Morgan fingerprint density at radius 1 is 1.42 bits per heavy atom. The molecule has 0 aromatic carbocycles. The van der Waals surface area contributed by atoms with Gasteiger partial charge in [0.15, 0.2) is 0 Å². The summed E-state index contributed by atoms with van der Waals surface area (Å²) < 4.78 is 0. The van der Waals surface area contributed by atoms with Crippen LogP contribution in [-0.2, 0) is 9.59 Å². The maximum atomic E-state index is 11.4. The molecule has 3 heteroatoms. The Labute approximate surface area is 72.7 Å². The van der Waals surface area contributed by atoms with Gasteiger partial charge in [-0.05, 0) is 12.8 Å². The third kappa shape index (κ3) is 1.49. The van der Waals surface area contributed by atoms with Crippen LogP contribution in [0.4, 0.5) is 0 Å². The predicted molar refractivity (Wildman–Crippen MR) is 45.6 cm³/mol. The Morgan fingerprint density at radius 2 is 2.00 bits per heavy atom. The lowest BCUT2D eigenvalue weighted by Gasteiger charge is -2.14. The monoisotopic (exact) mass is 169 g/mol. The Morgan fingerprint density at radius 3 is 2.33 bits per heavy atom. The topological polar surface area (TPSA) is 37.4 Å². The van der Waals surface area contributed by atoms with Gasteiger partial charge >= 0.3 is 0 Å². The molecule has 1 saturated carbocycles. The smallest absolute Gasteiger partial charge is 0.232 e. The summed E-state index contributed by atoms with van der Waals surface area (Å²) in [6.45, 7) is 1.89. The van der Waals surface area contributed by atoms with Crippen LogP contribution < -0.4 is 0 Å². The van der Waals surface area contributed by atoms with E-state index < -0.39 is 0 Å². The zero-order valence-corrected chi connectivity index (χ0v) is 7.83. The summed E-state index contributed by atoms with van der Waals surface area (Å²) in [6, 6.07) is 0. The highest BCUT2D eigenvalue weighted by Crippen LogP contribution is 2.27. The molecule has 1 fully saturated rings. The van der Waals surface area contributed by atoms with Crippen molar-refractivity contribution in [2.75, 3.05) is 14.1 Å². The van der Waals surface area contributed by atoms with Crippen LogP contribution in [0.3, 0.4) is 0 Å². The van der Waals surface area contributed by atoms with Gasteiger partial charge in [0.25, 0.3) is 0 Å². The van der Waals surface area contributed by atoms with E-state index in [1.807, 2.05) is 6.92 Å². The molecule has 0 N–H and O–H groups in total. The molecule has 1 aliphatic carbocycles. The Hall–Kier alpha value is -0.860. The molecule has 2 atom stereocenters. The number of Topliss-reactive ketones (excluding diaryl/α,β-unsaturated/α-hetero) is 1. The molecule has 0 heterocycles. The van der Waals surface area contributed by atoms with Gasteiger partial charge in [-0.3, -0.25) is 9.59 Å². The standard InChI is InChI=1S/C9H15NO2/c1-6-4-5-7(8(6)11)9(12)10(2)3/h6-7H,4-5H2,1-3H3. The van der Waals surface area contributed by atoms with Gasteiger partial charge in [0.1, 0.15) is 5.78 Å². The first kappa shape index (κ1) is 9.23. The Bertz CT molecular complexity index is 211. The third-order valence-electron chi connectivity index (χ3n) is 2.46. The van der Waals surface area contributed by atoms with Gasteiger partial charge < -0.3 is 4.90 Å². The SMILES string of the molecule is CC1CCC(C(=O)N(C)C)C1=O. The lowest BCUT2D eigenvalue weighted by molar-refractivity contribution is -0.138. The molecule has 0 saturated heterocycles. The van der Waals surface area contributed by atoms with Crippen molar-refractivity contribution in [2.24, 2.45) is 11.8 Å². The van der Waals surface area contributed by atoms with Crippen LogP contribution in [-0.4, -0.2) is 30.7 Å². The van der Waals surface area contributed by atoms with Crippen molar-refractivity contribution >= 4 is 11.7 Å². The van der Waals surface area contributed by atoms with E-state index in [0.29, 0.717) is 0 Å². The van der Waals surface area contributed by atoms with Gasteiger partial charge in [0.05, 0.1) is 5.92 Å². The molecule has 3 nitrogen and oxygen atoms in total. The van der Waals surface area contributed by atoms with Crippen molar-refractivity contribution in [3.8, 4) is 0 Å². The molecule has 1 amide bonds. The number of hydrogen-bond donors (Lipinski definition) is 0. The number of ketones is 1. The van der Waals surface area contributed by atoms with E-state index in [4.69, 9.17) is 0 Å². The van der Waals surface area contributed by atoms with E-state index in [-0.39, 0.29) is 23.5 Å². The molecule has 0 aliphatic heterocycles. The number of hydrogen-bond acceptors (Lipinski definition) is 2. The Balaban J connectivity index is 2.66. The van der Waals surface area contributed by atoms with Gasteiger partial charge in [-0.1, -0.05) is 6.92 Å². The van der Waals surface area contributed by atoms with Crippen molar-refractivity contribution in [3.63, 3.8) is 0 Å². The van der Waals surface area contributed by atoms with E-state index in [0.717, 1.165) is 12.8 Å². The van der Waals surface area contributed by atoms with Crippen LogP contribution in [0.1, 0.15) is 19.8 Å².